The minimum atomic E-state index is -5.06. The zero-order valence-electron chi connectivity index (χ0n) is 18.5. The van der Waals surface area contributed by atoms with Crippen molar-refractivity contribution in [1.82, 2.24) is 0 Å². The number of benzene rings is 3. The summed E-state index contributed by atoms with van der Waals surface area (Å²) in [7, 11) is 0. The molecule has 0 fully saturated rings. The minimum Gasteiger partial charge on any atom is -0.489 e. The Kier molecular flexibility index (Phi) is 8.16. The molecule has 0 spiro atoms. The van der Waals surface area contributed by atoms with Gasteiger partial charge in [-0.1, -0.05) is 24.3 Å². The molecule has 0 aliphatic rings. The number of aliphatic hydroxyl groups excluding tert-OH is 1. The number of alkyl halides is 9. The van der Waals surface area contributed by atoms with Crippen molar-refractivity contribution < 1.29 is 54.2 Å². The van der Waals surface area contributed by atoms with Crippen molar-refractivity contribution in [2.24, 2.45) is 0 Å². The first kappa shape index (κ1) is 28.0. The largest absolute Gasteiger partial charge is 0.489 e. The van der Waals surface area contributed by atoms with Crippen LogP contribution in [0.2, 0.25) is 0 Å². The van der Waals surface area contributed by atoms with Crippen molar-refractivity contribution in [2.75, 3.05) is 11.6 Å². The Morgan fingerprint density at radius 1 is 0.703 bits per heavy atom. The predicted octanol–water partition coefficient (Wildman–Crippen LogP) is 7.03. The molecular weight excluding hydrogens is 521 g/mol. The lowest BCUT2D eigenvalue weighted by molar-refractivity contribution is -0.202. The second kappa shape index (κ2) is 10.8. The molecule has 37 heavy (non-hydrogen) atoms. The third-order valence-corrected chi connectivity index (χ3v) is 4.86. The van der Waals surface area contributed by atoms with E-state index in [1.807, 2.05) is 0 Å². The number of anilines is 1. The highest BCUT2D eigenvalue weighted by atomic mass is 19.4. The van der Waals surface area contributed by atoms with Gasteiger partial charge >= 0.3 is 18.5 Å². The molecule has 0 unspecified atom stereocenters. The fraction of sp³-hybridized carbons (Fsp3) is 0.250. The zero-order valence-corrected chi connectivity index (χ0v) is 18.5. The first-order chi connectivity index (χ1) is 17.1. The summed E-state index contributed by atoms with van der Waals surface area (Å²) in [5, 5.41) is 10.1. The molecule has 1 atom stereocenters. The van der Waals surface area contributed by atoms with Gasteiger partial charge in [-0.15, -0.1) is 0 Å². The van der Waals surface area contributed by atoms with Crippen molar-refractivity contribution in [1.29, 1.82) is 0 Å². The van der Waals surface area contributed by atoms with Gasteiger partial charge in [-0.25, -0.2) is 5.06 Å². The smallest absolute Gasteiger partial charge is 0.416 e. The second-order valence-corrected chi connectivity index (χ2v) is 7.72. The van der Waals surface area contributed by atoms with Crippen LogP contribution in [0.3, 0.4) is 0 Å². The maximum Gasteiger partial charge on any atom is 0.416 e. The van der Waals surface area contributed by atoms with Gasteiger partial charge in [0.1, 0.15) is 12.4 Å². The van der Waals surface area contributed by atoms with Gasteiger partial charge in [0.15, 0.2) is 11.9 Å². The Balaban J connectivity index is 1.84. The summed E-state index contributed by atoms with van der Waals surface area (Å²) >= 11 is 0. The van der Waals surface area contributed by atoms with Crippen molar-refractivity contribution in [3.8, 4) is 11.5 Å². The van der Waals surface area contributed by atoms with Gasteiger partial charge in [-0.05, 0) is 48.0 Å². The van der Waals surface area contributed by atoms with E-state index < -0.39 is 48.1 Å². The Bertz CT molecular complexity index is 1190. The monoisotopic (exact) mass is 539 g/mol. The average Bonchev–Trinajstić information content (AvgIpc) is 2.81. The van der Waals surface area contributed by atoms with E-state index >= 15 is 0 Å². The van der Waals surface area contributed by atoms with Crippen LogP contribution in [0.1, 0.15) is 16.7 Å². The molecule has 3 rings (SSSR count). The molecule has 1 N–H and O–H groups in total. The Morgan fingerprint density at radius 2 is 1.27 bits per heavy atom. The molecule has 0 aliphatic heterocycles. The van der Waals surface area contributed by atoms with E-state index in [1.165, 1.54) is 30.3 Å². The van der Waals surface area contributed by atoms with Crippen LogP contribution in [-0.2, 0) is 19.0 Å². The number of hydrogen-bond acceptors (Lipinski definition) is 4. The van der Waals surface area contributed by atoms with Gasteiger partial charge < -0.3 is 14.7 Å². The molecule has 4 nitrogen and oxygen atoms in total. The number of hydroxylamine groups is 1. The van der Waals surface area contributed by atoms with Gasteiger partial charge in [0.2, 0.25) is 0 Å². The first-order valence-corrected chi connectivity index (χ1v) is 10.4. The molecule has 3 aromatic rings. The molecule has 0 bridgehead atoms. The van der Waals surface area contributed by atoms with Gasteiger partial charge in [0, 0.05) is 6.07 Å². The van der Waals surface area contributed by atoms with Crippen molar-refractivity contribution in [2.45, 2.75) is 31.2 Å². The summed E-state index contributed by atoms with van der Waals surface area (Å²) in [6, 6.07) is 12.8. The number of hydrogen-bond donors (Lipinski definition) is 1. The summed E-state index contributed by atoms with van der Waals surface area (Å²) in [4.78, 5) is 5.27. The highest BCUT2D eigenvalue weighted by molar-refractivity contribution is 5.50. The Labute approximate surface area is 204 Å². The fourth-order valence-electron chi connectivity index (χ4n) is 3.04. The molecule has 0 aliphatic carbocycles. The molecule has 3 aromatic carbocycles. The Hall–Kier alpha value is -3.61. The van der Waals surface area contributed by atoms with Crippen LogP contribution in [0.4, 0.5) is 45.2 Å². The fourth-order valence-corrected chi connectivity index (χ4v) is 3.04. The third-order valence-electron chi connectivity index (χ3n) is 4.86. The number of ether oxygens (including phenoxy) is 1. The molecule has 200 valence electrons. The topological polar surface area (TPSA) is 41.9 Å². The van der Waals surface area contributed by atoms with Gasteiger partial charge in [0.25, 0.3) is 0 Å². The average molecular weight is 539 g/mol. The quantitative estimate of drug-likeness (QED) is 0.247. The summed E-state index contributed by atoms with van der Waals surface area (Å²) in [6.45, 7) is -1.54. The summed E-state index contributed by atoms with van der Waals surface area (Å²) in [6.07, 6.45) is -17.3. The van der Waals surface area contributed by atoms with Gasteiger partial charge in [-0.3, -0.25) is 0 Å². The van der Waals surface area contributed by atoms with E-state index in [0.717, 1.165) is 36.4 Å². The van der Waals surface area contributed by atoms with Crippen LogP contribution in [-0.4, -0.2) is 23.9 Å². The van der Waals surface area contributed by atoms with Crippen molar-refractivity contribution in [3.05, 3.63) is 89.5 Å². The van der Waals surface area contributed by atoms with Crippen molar-refractivity contribution in [3.63, 3.8) is 0 Å². The lowest BCUT2D eigenvalue weighted by Gasteiger charge is -2.28. The minimum absolute atomic E-state index is 0.00838. The SMILES string of the molecule is O[C@@H](CN(Oc1cccc(C(F)(F)F)c1)c1cccc(OCc2cccc(C(F)(F)F)c2)c1)C(F)(F)F. The zero-order chi connectivity index (χ0) is 27.4. The van der Waals surface area contributed by atoms with E-state index in [2.05, 4.69) is 0 Å². The normalized spacial score (nSPS) is 13.2. The molecule has 0 amide bonds. The number of halogens is 9. The number of nitrogens with zero attached hydrogens (tertiary/aromatic N) is 1. The molecule has 0 heterocycles. The maximum absolute atomic E-state index is 13.0. The van der Waals surface area contributed by atoms with Crippen LogP contribution in [0.15, 0.2) is 72.8 Å². The highest BCUT2D eigenvalue weighted by Crippen LogP contribution is 2.33. The molecular formula is C24H18F9NO3. The van der Waals surface area contributed by atoms with Gasteiger partial charge in [-0.2, -0.15) is 39.5 Å². The first-order valence-electron chi connectivity index (χ1n) is 10.4. The van der Waals surface area contributed by atoms with Crippen LogP contribution < -0.4 is 14.6 Å². The predicted molar refractivity (Wildman–Crippen MR) is 114 cm³/mol. The standard InChI is InChI=1S/C24H18F9NO3/c25-22(26,27)16-5-1-4-15(10-16)14-36-19-8-3-7-18(12-19)34(13-21(35)24(31,32)33)37-20-9-2-6-17(11-20)23(28,29)30/h1-12,21,35H,13-14H2/t21-/m0/s1. The molecule has 0 aromatic heterocycles. The van der Waals surface area contributed by atoms with E-state index in [0.29, 0.717) is 11.1 Å². The van der Waals surface area contributed by atoms with Gasteiger partial charge in [0.05, 0.1) is 23.4 Å². The third kappa shape index (κ3) is 7.94. The molecule has 13 heteroatoms. The van der Waals surface area contributed by atoms with Crippen LogP contribution >= 0.6 is 0 Å². The van der Waals surface area contributed by atoms with E-state index in [1.54, 1.807) is 0 Å². The van der Waals surface area contributed by atoms with E-state index in [4.69, 9.17) is 9.57 Å². The van der Waals surface area contributed by atoms with Crippen molar-refractivity contribution >= 4 is 5.69 Å². The Morgan fingerprint density at radius 3 is 1.89 bits per heavy atom. The second-order valence-electron chi connectivity index (χ2n) is 7.72. The van der Waals surface area contributed by atoms with E-state index in [-0.39, 0.29) is 23.6 Å². The van der Waals surface area contributed by atoms with Crippen LogP contribution in [0, 0.1) is 0 Å². The summed E-state index contributed by atoms with van der Waals surface area (Å²) < 4.78 is 122. The van der Waals surface area contributed by atoms with E-state index in [9.17, 15) is 44.6 Å². The molecule has 0 radical (unpaired) electrons. The van der Waals surface area contributed by atoms with Crippen LogP contribution in [0.25, 0.3) is 0 Å². The lowest BCUT2D eigenvalue weighted by atomic mass is 10.1. The molecule has 0 saturated carbocycles. The number of aliphatic hydroxyl groups is 1. The maximum atomic E-state index is 13.0. The lowest BCUT2D eigenvalue weighted by Crippen LogP contribution is -2.42. The van der Waals surface area contributed by atoms with Crippen LogP contribution in [0.5, 0.6) is 11.5 Å². The summed E-state index contributed by atoms with van der Waals surface area (Å²) in [5.41, 5.74) is -1.99. The number of rotatable bonds is 8. The highest BCUT2D eigenvalue weighted by Gasteiger charge is 2.40. The molecule has 0 saturated heterocycles. The summed E-state index contributed by atoms with van der Waals surface area (Å²) in [5.74, 6) is -0.450.